The summed E-state index contributed by atoms with van der Waals surface area (Å²) in [5.41, 5.74) is 0. The van der Waals surface area contributed by atoms with Crippen LogP contribution in [0.25, 0.3) is 0 Å². The third-order valence-corrected chi connectivity index (χ3v) is 4.33. The zero-order valence-electron chi connectivity index (χ0n) is 13.9. The van der Waals surface area contributed by atoms with Gasteiger partial charge in [-0.15, -0.1) is 0 Å². The van der Waals surface area contributed by atoms with Crippen molar-refractivity contribution in [2.45, 2.75) is 71.3 Å². The van der Waals surface area contributed by atoms with Crippen LogP contribution < -0.4 is 0 Å². The Morgan fingerprint density at radius 2 is 2.05 bits per heavy atom. The van der Waals surface area contributed by atoms with Crippen molar-refractivity contribution in [3.8, 4) is 0 Å². The molecule has 4 heteroatoms. The molecule has 0 bridgehead atoms. The molecule has 0 radical (unpaired) electrons. The molecule has 0 fully saturated rings. The van der Waals surface area contributed by atoms with E-state index in [-0.39, 0.29) is 29.7 Å². The van der Waals surface area contributed by atoms with E-state index in [1.54, 1.807) is 13.0 Å². The fraction of sp³-hybridized carbons (Fsp3) is 0.778. The van der Waals surface area contributed by atoms with Crippen molar-refractivity contribution in [2.75, 3.05) is 6.61 Å². The van der Waals surface area contributed by atoms with Gasteiger partial charge in [-0.25, -0.2) is 0 Å². The van der Waals surface area contributed by atoms with Crippen LogP contribution in [-0.2, 0) is 14.3 Å². The number of ether oxygens (including phenoxy) is 1. The van der Waals surface area contributed by atoms with Gasteiger partial charge in [0.15, 0.2) is 5.78 Å². The van der Waals surface area contributed by atoms with Gasteiger partial charge >= 0.3 is 5.97 Å². The van der Waals surface area contributed by atoms with Crippen LogP contribution in [0, 0.1) is 11.8 Å². The van der Waals surface area contributed by atoms with Crippen molar-refractivity contribution in [2.24, 2.45) is 11.8 Å². The van der Waals surface area contributed by atoms with Crippen molar-refractivity contribution >= 4 is 11.8 Å². The first-order chi connectivity index (χ1) is 10.6. The van der Waals surface area contributed by atoms with Gasteiger partial charge in [0.2, 0.25) is 0 Å². The van der Waals surface area contributed by atoms with Crippen molar-refractivity contribution in [1.29, 1.82) is 0 Å². The lowest BCUT2D eigenvalue weighted by Crippen LogP contribution is -2.19. The first kappa shape index (κ1) is 18.9. The van der Waals surface area contributed by atoms with E-state index in [9.17, 15) is 14.7 Å². The number of ketones is 1. The Balaban J connectivity index is 2.33. The molecule has 0 aromatic rings. The summed E-state index contributed by atoms with van der Waals surface area (Å²) < 4.78 is 4.91. The largest absolute Gasteiger partial charge is 0.466 e. The Kier molecular flexibility index (Phi) is 9.05. The van der Waals surface area contributed by atoms with Gasteiger partial charge in [0.05, 0.1) is 12.7 Å². The Bertz CT molecular complexity index is 375. The summed E-state index contributed by atoms with van der Waals surface area (Å²) in [6, 6.07) is 0. The minimum absolute atomic E-state index is 0.106. The topological polar surface area (TPSA) is 63.6 Å². The van der Waals surface area contributed by atoms with E-state index in [1.165, 1.54) is 0 Å². The first-order valence-corrected chi connectivity index (χ1v) is 8.64. The predicted molar refractivity (Wildman–Crippen MR) is 86.4 cm³/mol. The van der Waals surface area contributed by atoms with Gasteiger partial charge in [0, 0.05) is 12.3 Å². The van der Waals surface area contributed by atoms with Crippen LogP contribution in [0.2, 0.25) is 0 Å². The molecule has 0 heterocycles. The van der Waals surface area contributed by atoms with E-state index in [0.29, 0.717) is 19.4 Å². The molecule has 1 aliphatic carbocycles. The van der Waals surface area contributed by atoms with Gasteiger partial charge in [-0.2, -0.15) is 0 Å². The minimum atomic E-state index is -0.277. The van der Waals surface area contributed by atoms with Crippen LogP contribution >= 0.6 is 0 Å². The highest BCUT2D eigenvalue weighted by Crippen LogP contribution is 2.31. The molecule has 1 rings (SSSR count). The van der Waals surface area contributed by atoms with Crippen molar-refractivity contribution in [3.05, 3.63) is 12.2 Å². The maximum atomic E-state index is 11.9. The lowest BCUT2D eigenvalue weighted by atomic mass is 9.86. The molecular formula is C18H30O4. The Labute approximate surface area is 133 Å². The van der Waals surface area contributed by atoms with Crippen LogP contribution in [0.5, 0.6) is 0 Å². The van der Waals surface area contributed by atoms with E-state index in [4.69, 9.17) is 4.74 Å². The summed E-state index contributed by atoms with van der Waals surface area (Å²) in [7, 11) is 0. The first-order valence-electron chi connectivity index (χ1n) is 8.64. The molecule has 0 aliphatic heterocycles. The van der Waals surface area contributed by atoms with Crippen molar-refractivity contribution < 1.29 is 19.4 Å². The van der Waals surface area contributed by atoms with Crippen molar-refractivity contribution in [1.82, 2.24) is 0 Å². The van der Waals surface area contributed by atoms with Crippen LogP contribution in [0.1, 0.15) is 65.2 Å². The number of esters is 1. The highest BCUT2D eigenvalue weighted by atomic mass is 16.5. The van der Waals surface area contributed by atoms with E-state index in [2.05, 4.69) is 6.92 Å². The normalized spacial score (nSPS) is 22.0. The van der Waals surface area contributed by atoms with Crippen LogP contribution in [0.15, 0.2) is 12.2 Å². The lowest BCUT2D eigenvalue weighted by Gasteiger charge is -2.19. The Hall–Kier alpha value is -1.16. The Morgan fingerprint density at radius 3 is 2.73 bits per heavy atom. The van der Waals surface area contributed by atoms with Gasteiger partial charge in [-0.1, -0.05) is 32.3 Å². The molecule has 0 saturated carbocycles. The molecule has 0 saturated heterocycles. The van der Waals surface area contributed by atoms with Gasteiger partial charge in [0.1, 0.15) is 0 Å². The fourth-order valence-corrected chi connectivity index (χ4v) is 3.01. The van der Waals surface area contributed by atoms with Gasteiger partial charge < -0.3 is 9.84 Å². The highest BCUT2D eigenvalue weighted by Gasteiger charge is 2.30. The second kappa shape index (κ2) is 10.5. The number of carbonyl (C=O) groups is 2. The molecule has 0 amide bonds. The summed E-state index contributed by atoms with van der Waals surface area (Å²) in [5.74, 6) is -0.0923. The molecule has 0 aromatic heterocycles. The summed E-state index contributed by atoms with van der Waals surface area (Å²) in [5, 5.41) is 9.99. The summed E-state index contributed by atoms with van der Waals surface area (Å²) in [6.45, 7) is 4.31. The van der Waals surface area contributed by atoms with E-state index < -0.39 is 0 Å². The average molecular weight is 310 g/mol. The number of rotatable bonds is 11. The maximum absolute atomic E-state index is 11.9. The molecule has 0 spiro atoms. The van der Waals surface area contributed by atoms with E-state index >= 15 is 0 Å². The number of aliphatic hydroxyl groups is 1. The summed E-state index contributed by atoms with van der Waals surface area (Å²) in [6.07, 6.45) is 9.87. The molecule has 3 unspecified atom stereocenters. The number of hydrogen-bond acceptors (Lipinski definition) is 4. The monoisotopic (exact) mass is 310 g/mol. The lowest BCUT2D eigenvalue weighted by molar-refractivity contribution is -0.143. The molecule has 1 aliphatic rings. The standard InChI is InChI=1S/C18H30O4/c1-3-5-6-7-15(19)10-8-14-9-12-17(20)16(14)11-13-18(21)22-4-2/h9,12,14-16,19H,3-8,10-11,13H2,1-2H3. The SMILES string of the molecule is CCCCCC(O)CCC1C=CC(=O)C1CCC(=O)OCC. The van der Waals surface area contributed by atoms with Crippen LogP contribution in [0.4, 0.5) is 0 Å². The van der Waals surface area contributed by atoms with Gasteiger partial charge in [-0.05, 0) is 44.6 Å². The molecule has 0 aromatic carbocycles. The number of hydrogen-bond donors (Lipinski definition) is 1. The number of aliphatic hydroxyl groups excluding tert-OH is 1. The highest BCUT2D eigenvalue weighted by molar-refractivity contribution is 5.94. The fourth-order valence-electron chi connectivity index (χ4n) is 3.01. The molecule has 3 atom stereocenters. The number of allylic oxidation sites excluding steroid dienone is 2. The van der Waals surface area contributed by atoms with Gasteiger partial charge in [-0.3, -0.25) is 9.59 Å². The van der Waals surface area contributed by atoms with Crippen LogP contribution in [0.3, 0.4) is 0 Å². The molecule has 1 N–H and O–H groups in total. The predicted octanol–water partition coefficient (Wildman–Crippen LogP) is 3.42. The second-order valence-corrected chi connectivity index (χ2v) is 6.10. The van der Waals surface area contributed by atoms with E-state index in [0.717, 1.165) is 38.5 Å². The quantitative estimate of drug-likeness (QED) is 0.469. The summed E-state index contributed by atoms with van der Waals surface area (Å²) in [4.78, 5) is 23.3. The molecule has 4 nitrogen and oxygen atoms in total. The van der Waals surface area contributed by atoms with Crippen molar-refractivity contribution in [3.63, 3.8) is 0 Å². The average Bonchev–Trinajstić information content (AvgIpc) is 2.84. The third-order valence-electron chi connectivity index (χ3n) is 4.33. The zero-order valence-corrected chi connectivity index (χ0v) is 13.9. The Morgan fingerprint density at radius 1 is 1.27 bits per heavy atom. The maximum Gasteiger partial charge on any atom is 0.305 e. The van der Waals surface area contributed by atoms with Crippen LogP contribution in [-0.4, -0.2) is 29.6 Å². The number of carbonyl (C=O) groups excluding carboxylic acids is 2. The third kappa shape index (κ3) is 6.73. The van der Waals surface area contributed by atoms with E-state index in [1.807, 2.05) is 6.08 Å². The second-order valence-electron chi connectivity index (χ2n) is 6.10. The molecular weight excluding hydrogens is 280 g/mol. The van der Waals surface area contributed by atoms with Gasteiger partial charge in [0.25, 0.3) is 0 Å². The zero-order chi connectivity index (χ0) is 16.4. The number of unbranched alkanes of at least 4 members (excludes halogenated alkanes) is 2. The smallest absolute Gasteiger partial charge is 0.305 e. The summed E-state index contributed by atoms with van der Waals surface area (Å²) >= 11 is 0. The minimum Gasteiger partial charge on any atom is -0.466 e. The molecule has 126 valence electrons. The molecule has 22 heavy (non-hydrogen) atoms.